The van der Waals surface area contributed by atoms with Gasteiger partial charge in [-0.3, -0.25) is 9.59 Å². The Balaban J connectivity index is 1.58. The molecule has 1 fully saturated rings. The maximum absolute atomic E-state index is 13.3. The third kappa shape index (κ3) is 5.02. The van der Waals surface area contributed by atoms with Gasteiger partial charge in [-0.05, 0) is 37.5 Å². The predicted molar refractivity (Wildman–Crippen MR) is 126 cm³/mol. The number of thioether (sulfide) groups is 1. The smallest absolute Gasteiger partial charge is 0.242 e. The lowest BCUT2D eigenvalue weighted by molar-refractivity contribution is -0.115. The molecule has 1 atom stereocenters. The number of nitrogens with zero attached hydrogens (tertiary/aromatic N) is 3. The van der Waals surface area contributed by atoms with E-state index in [4.69, 9.17) is 5.84 Å². The first-order valence-corrected chi connectivity index (χ1v) is 11.7. The van der Waals surface area contributed by atoms with Crippen molar-refractivity contribution < 1.29 is 9.59 Å². The molecule has 1 aromatic heterocycles. The molecule has 2 aromatic carbocycles. The number of benzene rings is 2. The Hall–Kier alpha value is -3.13. The average Bonchev–Trinajstić information content (AvgIpc) is 3.18. The highest BCUT2D eigenvalue weighted by Gasteiger charge is 2.28. The van der Waals surface area contributed by atoms with Crippen molar-refractivity contribution in [3.8, 4) is 0 Å². The van der Waals surface area contributed by atoms with E-state index in [1.165, 1.54) is 37.9 Å². The van der Waals surface area contributed by atoms with E-state index in [1.807, 2.05) is 30.3 Å². The quantitative estimate of drug-likeness (QED) is 0.307. The van der Waals surface area contributed by atoms with E-state index in [9.17, 15) is 9.59 Å². The molecule has 1 aliphatic rings. The van der Waals surface area contributed by atoms with E-state index in [-0.39, 0.29) is 11.7 Å². The Morgan fingerprint density at radius 3 is 2.53 bits per heavy atom. The van der Waals surface area contributed by atoms with Crippen LogP contribution in [0.4, 0.5) is 5.69 Å². The Labute approximate surface area is 191 Å². The van der Waals surface area contributed by atoms with Crippen LogP contribution in [0.15, 0.2) is 59.8 Å². The number of ketones is 1. The van der Waals surface area contributed by atoms with Crippen molar-refractivity contribution >= 4 is 29.1 Å². The van der Waals surface area contributed by atoms with Gasteiger partial charge in [0.1, 0.15) is 5.25 Å². The Morgan fingerprint density at radius 2 is 1.81 bits per heavy atom. The van der Waals surface area contributed by atoms with E-state index >= 15 is 0 Å². The number of aromatic nitrogens is 3. The van der Waals surface area contributed by atoms with Crippen LogP contribution in [0.3, 0.4) is 0 Å². The molecule has 8 heteroatoms. The van der Waals surface area contributed by atoms with Gasteiger partial charge < -0.3 is 11.2 Å². The largest absolute Gasteiger partial charge is 0.336 e. The summed E-state index contributed by atoms with van der Waals surface area (Å²) in [6.07, 6.45) is 5.73. The van der Waals surface area contributed by atoms with Crippen molar-refractivity contribution in [1.82, 2.24) is 14.9 Å². The Morgan fingerprint density at radius 1 is 1.06 bits per heavy atom. The number of rotatable bonds is 7. The Kier molecular flexibility index (Phi) is 6.90. The first-order valence-electron chi connectivity index (χ1n) is 10.9. The highest BCUT2D eigenvalue weighted by atomic mass is 32.2. The molecule has 0 radical (unpaired) electrons. The van der Waals surface area contributed by atoms with Gasteiger partial charge in [-0.1, -0.05) is 73.5 Å². The molecule has 3 N–H and O–H groups in total. The molecular formula is C24H27N5O2S. The van der Waals surface area contributed by atoms with E-state index < -0.39 is 5.25 Å². The van der Waals surface area contributed by atoms with E-state index in [1.54, 1.807) is 28.9 Å². The molecule has 1 aliphatic carbocycles. The van der Waals surface area contributed by atoms with Crippen molar-refractivity contribution in [3.63, 3.8) is 0 Å². The van der Waals surface area contributed by atoms with E-state index in [0.717, 1.165) is 24.2 Å². The molecule has 32 heavy (non-hydrogen) atoms. The first-order chi connectivity index (χ1) is 15.5. The summed E-state index contributed by atoms with van der Waals surface area (Å²) < 4.78 is 1.54. The standard InChI is InChI=1S/C24H27N5O2S/c1-16(30)19-13-8-14-20(15-19)26-23(31)21(17-9-4-2-5-10-17)32-24-28-27-22(29(24)25)18-11-6-3-7-12-18/h2,4-5,8-10,13-15,18,21H,3,6-7,11-12,25H2,1H3,(H,26,31)/t21-/m1/s1. The van der Waals surface area contributed by atoms with Crippen LogP contribution in [0, 0.1) is 0 Å². The van der Waals surface area contributed by atoms with Crippen LogP contribution >= 0.6 is 11.8 Å². The summed E-state index contributed by atoms with van der Waals surface area (Å²) in [7, 11) is 0. The molecule has 1 heterocycles. The van der Waals surface area contributed by atoms with Gasteiger partial charge in [0, 0.05) is 17.2 Å². The average molecular weight is 450 g/mol. The SMILES string of the molecule is CC(=O)c1cccc(NC(=O)[C@H](Sc2nnc(C3CCCCC3)n2N)c2ccccc2)c1. The second-order valence-corrected chi connectivity index (χ2v) is 9.15. The zero-order valence-electron chi connectivity index (χ0n) is 18.0. The summed E-state index contributed by atoms with van der Waals surface area (Å²) >= 11 is 1.28. The fourth-order valence-electron chi connectivity index (χ4n) is 4.04. The minimum atomic E-state index is -0.581. The third-order valence-electron chi connectivity index (χ3n) is 5.76. The molecule has 0 aliphatic heterocycles. The molecule has 3 aromatic rings. The first kappa shape index (κ1) is 22.1. The van der Waals surface area contributed by atoms with Crippen LogP contribution in [0.2, 0.25) is 0 Å². The van der Waals surface area contributed by atoms with Crippen LogP contribution < -0.4 is 11.2 Å². The zero-order valence-corrected chi connectivity index (χ0v) is 18.8. The van der Waals surface area contributed by atoms with Crippen molar-refractivity contribution in [2.75, 3.05) is 11.2 Å². The highest BCUT2D eigenvalue weighted by molar-refractivity contribution is 8.00. The number of nitrogen functional groups attached to an aromatic ring is 1. The van der Waals surface area contributed by atoms with Gasteiger partial charge in [0.05, 0.1) is 0 Å². The highest BCUT2D eigenvalue weighted by Crippen LogP contribution is 2.37. The van der Waals surface area contributed by atoms with Gasteiger partial charge >= 0.3 is 0 Å². The lowest BCUT2D eigenvalue weighted by Gasteiger charge is -2.20. The number of carbonyl (C=O) groups excluding carboxylic acids is 2. The lowest BCUT2D eigenvalue weighted by atomic mass is 9.89. The van der Waals surface area contributed by atoms with E-state index in [0.29, 0.717) is 22.3 Å². The van der Waals surface area contributed by atoms with Crippen molar-refractivity contribution in [1.29, 1.82) is 0 Å². The molecule has 0 unspecified atom stereocenters. The molecule has 0 bridgehead atoms. The minimum absolute atomic E-state index is 0.0541. The summed E-state index contributed by atoms with van der Waals surface area (Å²) in [4.78, 5) is 25.0. The maximum Gasteiger partial charge on any atom is 0.242 e. The fraction of sp³-hybridized carbons (Fsp3) is 0.333. The van der Waals surface area contributed by atoms with Gasteiger partial charge in [0.15, 0.2) is 11.6 Å². The molecule has 1 saturated carbocycles. The van der Waals surface area contributed by atoms with Crippen molar-refractivity contribution in [3.05, 3.63) is 71.5 Å². The molecule has 1 amide bonds. The number of hydrogen-bond acceptors (Lipinski definition) is 6. The minimum Gasteiger partial charge on any atom is -0.336 e. The topological polar surface area (TPSA) is 103 Å². The molecule has 0 spiro atoms. The zero-order chi connectivity index (χ0) is 22.5. The molecule has 4 rings (SSSR count). The number of nitrogens with one attached hydrogen (secondary N) is 1. The van der Waals surface area contributed by atoms with Crippen LogP contribution in [-0.2, 0) is 4.79 Å². The number of anilines is 1. The van der Waals surface area contributed by atoms with Gasteiger partial charge in [0.25, 0.3) is 0 Å². The summed E-state index contributed by atoms with van der Waals surface area (Å²) in [5.74, 6) is 7.20. The fourth-order valence-corrected chi connectivity index (χ4v) is 5.00. The molecule has 166 valence electrons. The van der Waals surface area contributed by atoms with Gasteiger partial charge in [0.2, 0.25) is 11.1 Å². The molecule has 0 saturated heterocycles. The number of hydrogen-bond donors (Lipinski definition) is 2. The Bertz CT molecular complexity index is 1090. The van der Waals surface area contributed by atoms with Crippen molar-refractivity contribution in [2.24, 2.45) is 0 Å². The van der Waals surface area contributed by atoms with Crippen LogP contribution in [0.25, 0.3) is 0 Å². The summed E-state index contributed by atoms with van der Waals surface area (Å²) in [6.45, 7) is 1.50. The van der Waals surface area contributed by atoms with Crippen molar-refractivity contribution in [2.45, 2.75) is 55.4 Å². The normalized spacial score (nSPS) is 15.3. The van der Waals surface area contributed by atoms with Gasteiger partial charge in [-0.15, -0.1) is 10.2 Å². The second kappa shape index (κ2) is 9.99. The summed E-state index contributed by atoms with van der Waals surface area (Å²) in [5, 5.41) is 11.5. The molecule has 7 nitrogen and oxygen atoms in total. The third-order valence-corrected chi connectivity index (χ3v) is 6.97. The second-order valence-electron chi connectivity index (χ2n) is 8.08. The van der Waals surface area contributed by atoms with Crippen LogP contribution in [0.1, 0.15) is 71.9 Å². The predicted octanol–water partition coefficient (Wildman–Crippen LogP) is 4.71. The van der Waals surface area contributed by atoms with Gasteiger partial charge in [-0.2, -0.15) is 0 Å². The number of nitrogens with two attached hydrogens (primary N) is 1. The molecular weight excluding hydrogens is 422 g/mol. The van der Waals surface area contributed by atoms with Crippen LogP contribution in [-0.4, -0.2) is 26.6 Å². The van der Waals surface area contributed by atoms with Crippen LogP contribution in [0.5, 0.6) is 0 Å². The maximum atomic E-state index is 13.3. The lowest BCUT2D eigenvalue weighted by Crippen LogP contribution is -2.22. The number of carbonyl (C=O) groups is 2. The number of amides is 1. The summed E-state index contributed by atoms with van der Waals surface area (Å²) in [5.41, 5.74) is 1.95. The number of Topliss-reactive ketones (excluding diaryl/α,β-unsaturated/α-hetero) is 1. The monoisotopic (exact) mass is 449 g/mol. The summed E-state index contributed by atoms with van der Waals surface area (Å²) in [6, 6.07) is 16.4. The van der Waals surface area contributed by atoms with Gasteiger partial charge in [-0.25, -0.2) is 4.68 Å². The van der Waals surface area contributed by atoms with E-state index in [2.05, 4.69) is 15.5 Å².